The van der Waals surface area contributed by atoms with Gasteiger partial charge in [-0.15, -0.1) is 0 Å². The molecule has 4 nitrogen and oxygen atoms in total. The number of rotatable bonds is 9. The Balaban J connectivity index is 1.43. The minimum Gasteiger partial charge on any atom is -0.351 e. The summed E-state index contributed by atoms with van der Waals surface area (Å²) in [4.78, 5) is 18.4. The first-order valence-electron chi connectivity index (χ1n) is 10.8. The summed E-state index contributed by atoms with van der Waals surface area (Å²) in [5.41, 5.74) is 1.70. The van der Waals surface area contributed by atoms with Crippen LogP contribution < -0.4 is 5.32 Å². The quantitative estimate of drug-likeness (QED) is 0.656. The molecule has 2 aromatic rings. The molecule has 0 unspecified atom stereocenters. The van der Waals surface area contributed by atoms with Crippen LogP contribution >= 0.6 is 0 Å². The highest BCUT2D eigenvalue weighted by atomic mass is 16.1. The summed E-state index contributed by atoms with van der Waals surface area (Å²) < 4.78 is 0. The summed E-state index contributed by atoms with van der Waals surface area (Å²) in [5.74, 6) is 0.856. The summed E-state index contributed by atoms with van der Waals surface area (Å²) in [5, 5.41) is 4.33. The lowest BCUT2D eigenvalue weighted by atomic mass is 9.84. The van der Waals surface area contributed by atoms with Crippen LogP contribution in [0.3, 0.4) is 0 Å². The van der Waals surface area contributed by atoms with Crippen molar-refractivity contribution in [3.63, 3.8) is 0 Å². The molecule has 148 valence electrons. The van der Waals surface area contributed by atoms with Crippen molar-refractivity contribution in [2.45, 2.75) is 64.8 Å². The smallest absolute Gasteiger partial charge is 0.267 e. The van der Waals surface area contributed by atoms with Crippen molar-refractivity contribution in [1.82, 2.24) is 15.2 Å². The molecule has 0 radical (unpaired) electrons. The third-order valence-electron chi connectivity index (χ3n) is 5.89. The van der Waals surface area contributed by atoms with Gasteiger partial charge in [0.15, 0.2) is 0 Å². The zero-order valence-corrected chi connectivity index (χ0v) is 17.0. The fourth-order valence-corrected chi connectivity index (χ4v) is 4.39. The first kappa shape index (κ1) is 19.9. The van der Waals surface area contributed by atoms with Gasteiger partial charge >= 0.3 is 0 Å². The van der Waals surface area contributed by atoms with Crippen LogP contribution in [0, 0.1) is 5.92 Å². The molecular formula is C23H35N3O. The summed E-state index contributed by atoms with van der Waals surface area (Å²) >= 11 is 0. The molecule has 0 bridgehead atoms. The van der Waals surface area contributed by atoms with Crippen molar-refractivity contribution in [1.29, 1.82) is 0 Å². The molecule has 3 rings (SSSR count). The van der Waals surface area contributed by atoms with E-state index < -0.39 is 0 Å². The number of hydrogen-bond acceptors (Lipinski definition) is 2. The van der Waals surface area contributed by atoms with Gasteiger partial charge in [0, 0.05) is 16.9 Å². The molecule has 27 heavy (non-hydrogen) atoms. The predicted octanol–water partition coefficient (Wildman–Crippen LogP) is 4.97. The number of nitrogens with one attached hydrogen (secondary N) is 2. The molecule has 1 saturated carbocycles. The van der Waals surface area contributed by atoms with E-state index in [4.69, 9.17) is 0 Å². The Morgan fingerprint density at radius 1 is 1.07 bits per heavy atom. The van der Waals surface area contributed by atoms with Crippen molar-refractivity contribution in [2.75, 3.05) is 19.6 Å². The second-order valence-electron chi connectivity index (χ2n) is 8.09. The lowest BCUT2D eigenvalue weighted by molar-refractivity contribution is 0.0915. The average Bonchev–Trinajstić information content (AvgIpc) is 3.12. The molecule has 1 heterocycles. The van der Waals surface area contributed by atoms with E-state index in [1.54, 1.807) is 0 Å². The molecule has 4 heteroatoms. The van der Waals surface area contributed by atoms with E-state index in [1.807, 2.05) is 30.3 Å². The zero-order valence-electron chi connectivity index (χ0n) is 17.0. The molecular weight excluding hydrogens is 334 g/mol. The minimum absolute atomic E-state index is 0.0340. The van der Waals surface area contributed by atoms with Gasteiger partial charge in [-0.2, -0.15) is 0 Å². The second kappa shape index (κ2) is 9.93. The number of fused-ring (bicyclic) bond motifs is 1. The maximum atomic E-state index is 12.6. The number of hydrogen-bond donors (Lipinski definition) is 2. The van der Waals surface area contributed by atoms with Crippen LogP contribution in [0.5, 0.6) is 0 Å². The molecule has 2 N–H and O–H groups in total. The predicted molar refractivity (Wildman–Crippen MR) is 113 cm³/mol. The lowest BCUT2D eigenvalue weighted by Crippen LogP contribution is -2.38. The van der Waals surface area contributed by atoms with Gasteiger partial charge < -0.3 is 15.2 Å². The second-order valence-corrected chi connectivity index (χ2v) is 8.09. The number of nitrogens with zero attached hydrogens (tertiary/aromatic N) is 1. The van der Waals surface area contributed by atoms with Gasteiger partial charge in [-0.25, -0.2) is 0 Å². The van der Waals surface area contributed by atoms with Crippen LogP contribution in [0.1, 0.15) is 69.3 Å². The number of para-hydroxylation sites is 1. The number of benzene rings is 1. The van der Waals surface area contributed by atoms with E-state index >= 15 is 0 Å². The number of aromatic nitrogens is 1. The first-order valence-corrected chi connectivity index (χ1v) is 10.8. The fourth-order valence-electron chi connectivity index (χ4n) is 4.39. The number of carbonyl (C=O) groups is 1. The van der Waals surface area contributed by atoms with Crippen LogP contribution in [0.25, 0.3) is 10.9 Å². The normalized spacial score (nSPS) is 20.3. The monoisotopic (exact) mass is 369 g/mol. The highest BCUT2D eigenvalue weighted by Crippen LogP contribution is 2.27. The van der Waals surface area contributed by atoms with E-state index in [2.05, 4.69) is 29.0 Å². The summed E-state index contributed by atoms with van der Waals surface area (Å²) in [6.45, 7) is 8.22. The van der Waals surface area contributed by atoms with Gasteiger partial charge in [-0.3, -0.25) is 4.79 Å². The SMILES string of the molecule is CCCN(CCC)CCC1CCC(NC(=O)c2cc3ccccc3[nH]2)CC1. The molecule has 0 saturated heterocycles. The summed E-state index contributed by atoms with van der Waals surface area (Å²) in [6.07, 6.45) is 8.49. The Hall–Kier alpha value is -1.81. The van der Waals surface area contributed by atoms with Crippen molar-refractivity contribution in [3.8, 4) is 0 Å². The van der Waals surface area contributed by atoms with Crippen molar-refractivity contribution in [2.24, 2.45) is 5.92 Å². The van der Waals surface area contributed by atoms with E-state index in [-0.39, 0.29) is 5.91 Å². The van der Waals surface area contributed by atoms with Crippen molar-refractivity contribution in [3.05, 3.63) is 36.0 Å². The molecule has 0 aliphatic heterocycles. The molecule has 1 aromatic heterocycles. The van der Waals surface area contributed by atoms with Gasteiger partial charge in [0.1, 0.15) is 5.69 Å². The average molecular weight is 370 g/mol. The molecule has 1 aliphatic carbocycles. The number of aromatic amines is 1. The standard InChI is InChI=1S/C23H35N3O/c1-3-14-26(15-4-2)16-13-18-9-11-20(12-10-18)24-23(27)22-17-19-7-5-6-8-21(19)25-22/h5-8,17-18,20,25H,3-4,9-16H2,1-2H3,(H,24,27). The molecule has 0 atom stereocenters. The topological polar surface area (TPSA) is 48.1 Å². The largest absolute Gasteiger partial charge is 0.351 e. The highest BCUT2D eigenvalue weighted by Gasteiger charge is 2.23. The van der Waals surface area contributed by atoms with Gasteiger partial charge in [-0.1, -0.05) is 32.0 Å². The van der Waals surface area contributed by atoms with Gasteiger partial charge in [0.05, 0.1) is 0 Å². The Morgan fingerprint density at radius 3 is 2.44 bits per heavy atom. The Labute approximate surface area is 163 Å². The maximum Gasteiger partial charge on any atom is 0.267 e. The molecule has 0 spiro atoms. The molecule has 1 aliphatic rings. The van der Waals surface area contributed by atoms with E-state index in [0.717, 1.165) is 29.7 Å². The Kier molecular flexibility index (Phi) is 7.33. The van der Waals surface area contributed by atoms with E-state index in [1.165, 1.54) is 51.7 Å². The lowest BCUT2D eigenvalue weighted by Gasteiger charge is -2.31. The van der Waals surface area contributed by atoms with Crippen LogP contribution in [-0.4, -0.2) is 41.5 Å². The fraction of sp³-hybridized carbons (Fsp3) is 0.609. The Morgan fingerprint density at radius 2 is 1.78 bits per heavy atom. The Bertz CT molecular complexity index is 676. The summed E-state index contributed by atoms with van der Waals surface area (Å²) in [7, 11) is 0. The van der Waals surface area contributed by atoms with Gasteiger partial charge in [0.25, 0.3) is 5.91 Å². The highest BCUT2D eigenvalue weighted by molar-refractivity contribution is 5.98. The number of carbonyl (C=O) groups excluding carboxylic acids is 1. The number of H-pyrrole nitrogens is 1. The molecule has 1 amide bonds. The van der Waals surface area contributed by atoms with Gasteiger partial charge in [0.2, 0.25) is 0 Å². The van der Waals surface area contributed by atoms with Crippen LogP contribution in [0.4, 0.5) is 0 Å². The van der Waals surface area contributed by atoms with Crippen molar-refractivity contribution < 1.29 is 4.79 Å². The third-order valence-corrected chi connectivity index (χ3v) is 5.89. The van der Waals surface area contributed by atoms with Crippen molar-refractivity contribution >= 4 is 16.8 Å². The minimum atomic E-state index is 0.0340. The molecule has 1 fully saturated rings. The zero-order chi connectivity index (χ0) is 19.1. The van der Waals surface area contributed by atoms with E-state index in [0.29, 0.717) is 11.7 Å². The van der Waals surface area contributed by atoms with Gasteiger partial charge in [-0.05, 0) is 82.6 Å². The van der Waals surface area contributed by atoms with Crippen LogP contribution in [0.2, 0.25) is 0 Å². The maximum absolute atomic E-state index is 12.6. The molecule has 1 aromatic carbocycles. The number of amides is 1. The van der Waals surface area contributed by atoms with E-state index in [9.17, 15) is 4.79 Å². The van der Waals surface area contributed by atoms with Crippen LogP contribution in [0.15, 0.2) is 30.3 Å². The third kappa shape index (κ3) is 5.58. The van der Waals surface area contributed by atoms with Crippen LogP contribution in [-0.2, 0) is 0 Å². The first-order chi connectivity index (χ1) is 13.2. The summed E-state index contributed by atoms with van der Waals surface area (Å²) in [6, 6.07) is 10.3.